The zero-order chi connectivity index (χ0) is 24.9. The van der Waals surface area contributed by atoms with Gasteiger partial charge in [-0.15, -0.1) is 0 Å². The van der Waals surface area contributed by atoms with Gasteiger partial charge in [-0.1, -0.05) is 54.2 Å². The number of amides is 1. The first kappa shape index (κ1) is 24.7. The fraction of sp³-hybridized carbons (Fsp3) is 0.333. The molecule has 0 fully saturated rings. The third-order valence-corrected chi connectivity index (χ3v) is 6.96. The standard InChI is InChI=1S/C27H31N5O2S/c1-5-30(22-14-10-11-19(3)17-22)23(33)18-35-27-28-24-20(4)29-32(6-2)25(24)26(34)31(27)16-15-21-12-8-7-9-13-21/h7-14,17H,5-6,15-16,18H2,1-4H3. The van der Waals surface area contributed by atoms with Crippen molar-refractivity contribution < 1.29 is 4.79 Å². The molecule has 35 heavy (non-hydrogen) atoms. The molecule has 0 unspecified atom stereocenters. The smallest absolute Gasteiger partial charge is 0.280 e. The number of nitrogens with zero attached hydrogens (tertiary/aromatic N) is 5. The van der Waals surface area contributed by atoms with Crippen LogP contribution in [0.3, 0.4) is 0 Å². The van der Waals surface area contributed by atoms with E-state index in [9.17, 15) is 9.59 Å². The Labute approximate surface area is 209 Å². The molecule has 7 nitrogen and oxygen atoms in total. The summed E-state index contributed by atoms with van der Waals surface area (Å²) in [6.45, 7) is 9.45. The van der Waals surface area contributed by atoms with E-state index in [0.29, 0.717) is 42.2 Å². The molecule has 0 atom stereocenters. The molecule has 0 radical (unpaired) electrons. The average molecular weight is 490 g/mol. The molecule has 2 heterocycles. The van der Waals surface area contributed by atoms with Crippen LogP contribution in [0.1, 0.15) is 30.7 Å². The minimum Gasteiger partial charge on any atom is -0.312 e. The molecule has 0 aliphatic carbocycles. The van der Waals surface area contributed by atoms with Gasteiger partial charge in [0.2, 0.25) is 5.91 Å². The van der Waals surface area contributed by atoms with E-state index in [-0.39, 0.29) is 17.2 Å². The highest BCUT2D eigenvalue weighted by molar-refractivity contribution is 7.99. The van der Waals surface area contributed by atoms with Crippen molar-refractivity contribution in [2.45, 2.75) is 52.4 Å². The Morgan fingerprint density at radius 1 is 1.06 bits per heavy atom. The van der Waals surface area contributed by atoms with Crippen LogP contribution >= 0.6 is 11.8 Å². The number of rotatable bonds is 9. The van der Waals surface area contributed by atoms with Gasteiger partial charge in [0.15, 0.2) is 10.7 Å². The van der Waals surface area contributed by atoms with Crippen molar-refractivity contribution in [3.8, 4) is 0 Å². The maximum atomic E-state index is 13.6. The van der Waals surface area contributed by atoms with Gasteiger partial charge in [0.05, 0.1) is 11.4 Å². The van der Waals surface area contributed by atoms with Crippen LogP contribution in [0.4, 0.5) is 5.69 Å². The van der Waals surface area contributed by atoms with Gasteiger partial charge in [0.1, 0.15) is 5.52 Å². The van der Waals surface area contributed by atoms with E-state index in [0.717, 1.165) is 22.5 Å². The molecule has 1 amide bonds. The fourth-order valence-corrected chi connectivity index (χ4v) is 5.11. The molecule has 8 heteroatoms. The molecular formula is C27H31N5O2S. The summed E-state index contributed by atoms with van der Waals surface area (Å²) in [7, 11) is 0. The van der Waals surface area contributed by atoms with Gasteiger partial charge in [-0.2, -0.15) is 5.10 Å². The zero-order valence-corrected chi connectivity index (χ0v) is 21.5. The predicted molar refractivity (Wildman–Crippen MR) is 142 cm³/mol. The Bertz CT molecular complexity index is 1390. The molecule has 0 N–H and O–H groups in total. The highest BCUT2D eigenvalue weighted by atomic mass is 32.2. The Kier molecular flexibility index (Phi) is 7.70. The quantitative estimate of drug-likeness (QED) is 0.253. The molecule has 4 rings (SSSR count). The molecule has 0 saturated carbocycles. The summed E-state index contributed by atoms with van der Waals surface area (Å²) in [5.74, 6) is 0.166. The van der Waals surface area contributed by atoms with Crippen LogP contribution in [0, 0.1) is 13.8 Å². The van der Waals surface area contributed by atoms with Crippen LogP contribution in [-0.4, -0.2) is 37.5 Å². The van der Waals surface area contributed by atoms with Gasteiger partial charge in [0.25, 0.3) is 5.56 Å². The van der Waals surface area contributed by atoms with E-state index < -0.39 is 0 Å². The second-order valence-electron chi connectivity index (χ2n) is 8.45. The summed E-state index contributed by atoms with van der Waals surface area (Å²) in [4.78, 5) is 33.4. The van der Waals surface area contributed by atoms with E-state index >= 15 is 0 Å². The Hall–Kier alpha value is -3.39. The summed E-state index contributed by atoms with van der Waals surface area (Å²) in [5, 5.41) is 5.06. The predicted octanol–water partition coefficient (Wildman–Crippen LogP) is 4.62. The van der Waals surface area contributed by atoms with Crippen molar-refractivity contribution in [2.75, 3.05) is 17.2 Å². The summed E-state index contributed by atoms with van der Waals surface area (Å²) in [5.41, 5.74) is 4.85. The maximum Gasteiger partial charge on any atom is 0.280 e. The van der Waals surface area contributed by atoms with Crippen LogP contribution in [0.2, 0.25) is 0 Å². The molecule has 0 spiro atoms. The third kappa shape index (κ3) is 5.32. The number of aromatic nitrogens is 4. The molecule has 2 aromatic heterocycles. The lowest BCUT2D eigenvalue weighted by atomic mass is 10.1. The molecule has 2 aromatic carbocycles. The Morgan fingerprint density at radius 2 is 1.83 bits per heavy atom. The zero-order valence-electron chi connectivity index (χ0n) is 20.7. The van der Waals surface area contributed by atoms with E-state index in [2.05, 4.69) is 17.2 Å². The first-order valence-electron chi connectivity index (χ1n) is 11.9. The number of anilines is 1. The number of thioether (sulfide) groups is 1. The van der Waals surface area contributed by atoms with Crippen molar-refractivity contribution in [2.24, 2.45) is 0 Å². The van der Waals surface area contributed by atoms with Crippen LogP contribution in [-0.2, 0) is 24.3 Å². The van der Waals surface area contributed by atoms with E-state index in [1.165, 1.54) is 11.8 Å². The Morgan fingerprint density at radius 3 is 2.51 bits per heavy atom. The number of carbonyl (C=O) groups excluding carboxylic acids is 1. The van der Waals surface area contributed by atoms with Gasteiger partial charge >= 0.3 is 0 Å². The minimum absolute atomic E-state index is 0.0203. The van der Waals surface area contributed by atoms with E-state index in [1.807, 2.05) is 70.2 Å². The summed E-state index contributed by atoms with van der Waals surface area (Å²) < 4.78 is 3.42. The van der Waals surface area contributed by atoms with E-state index in [4.69, 9.17) is 4.98 Å². The van der Waals surface area contributed by atoms with Crippen molar-refractivity contribution in [3.63, 3.8) is 0 Å². The normalized spacial score (nSPS) is 11.2. The number of aryl methyl sites for hydroxylation is 4. The highest BCUT2D eigenvalue weighted by Crippen LogP contribution is 2.23. The summed E-state index contributed by atoms with van der Waals surface area (Å²) in [6, 6.07) is 18.0. The molecule has 0 bridgehead atoms. The molecule has 182 valence electrons. The monoisotopic (exact) mass is 489 g/mol. The number of carbonyl (C=O) groups is 1. The first-order chi connectivity index (χ1) is 16.9. The van der Waals surface area contributed by atoms with Crippen molar-refractivity contribution >= 4 is 34.4 Å². The molecular weight excluding hydrogens is 458 g/mol. The molecule has 4 aromatic rings. The summed E-state index contributed by atoms with van der Waals surface area (Å²) in [6.07, 6.45) is 0.694. The van der Waals surface area contributed by atoms with E-state index in [1.54, 1.807) is 14.1 Å². The van der Waals surface area contributed by atoms with Gasteiger partial charge in [0, 0.05) is 25.3 Å². The van der Waals surface area contributed by atoms with Crippen LogP contribution < -0.4 is 10.5 Å². The van der Waals surface area contributed by atoms with Crippen molar-refractivity contribution in [1.29, 1.82) is 0 Å². The lowest BCUT2D eigenvalue weighted by molar-refractivity contribution is -0.116. The number of hydrogen-bond donors (Lipinski definition) is 0. The van der Waals surface area contributed by atoms with Crippen molar-refractivity contribution in [3.05, 3.63) is 81.8 Å². The van der Waals surface area contributed by atoms with Crippen LogP contribution in [0.25, 0.3) is 11.0 Å². The number of benzene rings is 2. The van der Waals surface area contributed by atoms with Crippen molar-refractivity contribution in [1.82, 2.24) is 19.3 Å². The third-order valence-electron chi connectivity index (χ3n) is 6.00. The van der Waals surface area contributed by atoms with Gasteiger partial charge in [-0.25, -0.2) is 4.98 Å². The Balaban J connectivity index is 1.66. The topological polar surface area (TPSA) is 73.0 Å². The van der Waals surface area contributed by atoms with Gasteiger partial charge < -0.3 is 4.90 Å². The lowest BCUT2D eigenvalue weighted by Crippen LogP contribution is -2.32. The second-order valence-corrected chi connectivity index (χ2v) is 9.39. The minimum atomic E-state index is -0.116. The molecule has 0 aliphatic rings. The van der Waals surface area contributed by atoms with Crippen LogP contribution in [0.5, 0.6) is 0 Å². The highest BCUT2D eigenvalue weighted by Gasteiger charge is 2.20. The SMILES string of the molecule is CCN(C(=O)CSc1nc2c(C)nn(CC)c2c(=O)n1CCc1ccccc1)c1cccc(C)c1. The average Bonchev–Trinajstić information content (AvgIpc) is 3.19. The van der Waals surface area contributed by atoms with Gasteiger partial charge in [-0.3, -0.25) is 18.8 Å². The van der Waals surface area contributed by atoms with Gasteiger partial charge in [-0.05, 0) is 57.4 Å². The lowest BCUT2D eigenvalue weighted by Gasteiger charge is -2.21. The number of fused-ring (bicyclic) bond motifs is 1. The first-order valence-corrected chi connectivity index (χ1v) is 12.9. The molecule has 0 aliphatic heterocycles. The number of hydrogen-bond acceptors (Lipinski definition) is 5. The largest absolute Gasteiger partial charge is 0.312 e. The molecule has 0 saturated heterocycles. The second kappa shape index (κ2) is 10.9. The van der Waals surface area contributed by atoms with Crippen LogP contribution in [0.15, 0.2) is 64.5 Å². The fourth-order valence-electron chi connectivity index (χ4n) is 4.21. The summed E-state index contributed by atoms with van der Waals surface area (Å²) >= 11 is 1.31. The maximum absolute atomic E-state index is 13.6.